The number of urea groups is 1. The highest BCUT2D eigenvalue weighted by molar-refractivity contribution is 5.73. The van der Waals surface area contributed by atoms with Gasteiger partial charge in [0.15, 0.2) is 0 Å². The molecule has 20 heavy (non-hydrogen) atoms. The molecule has 0 aliphatic heterocycles. The van der Waals surface area contributed by atoms with Crippen LogP contribution in [0.15, 0.2) is 54.6 Å². The maximum Gasteiger partial charge on any atom is 0.319 e. The molecule has 0 aromatic heterocycles. The van der Waals surface area contributed by atoms with Crippen LogP contribution in [0, 0.1) is 0 Å². The van der Waals surface area contributed by atoms with Crippen LogP contribution in [0.3, 0.4) is 0 Å². The summed E-state index contributed by atoms with van der Waals surface area (Å²) in [5.74, 6) is 0. The topological polar surface area (TPSA) is 23.6 Å². The fraction of sp³-hybridized carbons (Fsp3) is 0.235. The van der Waals surface area contributed by atoms with Crippen molar-refractivity contribution in [1.82, 2.24) is 9.80 Å². The molecule has 2 amide bonds. The second-order valence-corrected chi connectivity index (χ2v) is 5.10. The van der Waals surface area contributed by atoms with Crippen LogP contribution in [0.5, 0.6) is 0 Å². The van der Waals surface area contributed by atoms with Crippen LogP contribution >= 0.6 is 0 Å². The second kappa shape index (κ2) is 6.24. The molecule has 0 spiro atoms. The minimum atomic E-state index is 0.0112. The Morgan fingerprint density at radius 1 is 0.850 bits per heavy atom. The molecule has 2 rings (SSSR count). The van der Waals surface area contributed by atoms with E-state index >= 15 is 0 Å². The molecule has 0 aliphatic rings. The molecule has 0 N–H and O–H groups in total. The van der Waals surface area contributed by atoms with Crippen LogP contribution in [0.25, 0.3) is 11.1 Å². The highest BCUT2D eigenvalue weighted by Gasteiger charge is 2.10. The second-order valence-electron chi connectivity index (χ2n) is 5.10. The Balaban J connectivity index is 2.07. The van der Waals surface area contributed by atoms with Crippen molar-refractivity contribution < 1.29 is 4.79 Å². The first-order chi connectivity index (χ1) is 9.58. The standard InChI is InChI=1S/C17H20N2O/c1-18(2)17(20)19(3)13-14-9-11-16(12-10-14)15-7-5-4-6-8-15/h4-12H,13H2,1-3H3. The number of hydrogen-bond donors (Lipinski definition) is 0. The van der Waals surface area contributed by atoms with Crippen molar-refractivity contribution in [2.45, 2.75) is 6.54 Å². The largest absolute Gasteiger partial charge is 0.331 e. The lowest BCUT2D eigenvalue weighted by atomic mass is 10.0. The van der Waals surface area contributed by atoms with Crippen LogP contribution in [0.2, 0.25) is 0 Å². The van der Waals surface area contributed by atoms with Gasteiger partial charge in [-0.15, -0.1) is 0 Å². The van der Waals surface area contributed by atoms with E-state index in [9.17, 15) is 4.79 Å². The van der Waals surface area contributed by atoms with Gasteiger partial charge in [-0.3, -0.25) is 0 Å². The summed E-state index contributed by atoms with van der Waals surface area (Å²) in [6.45, 7) is 0.617. The highest BCUT2D eigenvalue weighted by Crippen LogP contribution is 2.19. The SMILES string of the molecule is CN(C)C(=O)N(C)Cc1ccc(-c2ccccc2)cc1. The van der Waals surface area contributed by atoms with Crippen molar-refractivity contribution in [3.05, 3.63) is 60.2 Å². The summed E-state index contributed by atoms with van der Waals surface area (Å²) in [7, 11) is 5.34. The molecule has 3 nitrogen and oxygen atoms in total. The molecule has 2 aromatic rings. The van der Waals surface area contributed by atoms with E-state index in [0.717, 1.165) is 5.56 Å². The van der Waals surface area contributed by atoms with E-state index in [-0.39, 0.29) is 6.03 Å². The van der Waals surface area contributed by atoms with E-state index < -0.39 is 0 Å². The first kappa shape index (κ1) is 14.1. The van der Waals surface area contributed by atoms with Crippen molar-refractivity contribution in [2.24, 2.45) is 0 Å². The Hall–Kier alpha value is -2.29. The van der Waals surface area contributed by atoms with Gasteiger partial charge < -0.3 is 9.80 Å². The number of nitrogens with zero attached hydrogens (tertiary/aromatic N) is 2. The molecular formula is C17H20N2O. The zero-order valence-corrected chi connectivity index (χ0v) is 12.2. The predicted octanol–water partition coefficient (Wildman–Crippen LogP) is 3.47. The van der Waals surface area contributed by atoms with Crippen molar-refractivity contribution in [3.8, 4) is 11.1 Å². The quantitative estimate of drug-likeness (QED) is 0.836. The van der Waals surface area contributed by atoms with Gasteiger partial charge in [-0.05, 0) is 16.7 Å². The lowest BCUT2D eigenvalue weighted by molar-refractivity contribution is 0.180. The van der Waals surface area contributed by atoms with E-state index in [2.05, 4.69) is 36.4 Å². The maximum absolute atomic E-state index is 11.8. The zero-order chi connectivity index (χ0) is 14.5. The van der Waals surface area contributed by atoms with E-state index in [4.69, 9.17) is 0 Å². The normalized spacial score (nSPS) is 10.2. The van der Waals surface area contributed by atoms with Crippen LogP contribution in [-0.2, 0) is 6.54 Å². The van der Waals surface area contributed by atoms with Gasteiger partial charge in [-0.2, -0.15) is 0 Å². The monoisotopic (exact) mass is 268 g/mol. The molecule has 104 valence electrons. The summed E-state index contributed by atoms with van der Waals surface area (Å²) >= 11 is 0. The number of carbonyl (C=O) groups is 1. The first-order valence-corrected chi connectivity index (χ1v) is 6.64. The molecule has 0 radical (unpaired) electrons. The van der Waals surface area contributed by atoms with E-state index in [0.29, 0.717) is 6.54 Å². The summed E-state index contributed by atoms with van der Waals surface area (Å²) in [5, 5.41) is 0. The van der Waals surface area contributed by atoms with Crippen molar-refractivity contribution in [3.63, 3.8) is 0 Å². The fourth-order valence-electron chi connectivity index (χ4n) is 2.12. The average molecular weight is 268 g/mol. The highest BCUT2D eigenvalue weighted by atomic mass is 16.2. The van der Waals surface area contributed by atoms with Gasteiger partial charge in [-0.25, -0.2) is 4.79 Å². The lowest BCUT2D eigenvalue weighted by Gasteiger charge is -2.21. The lowest BCUT2D eigenvalue weighted by Crippen LogP contribution is -2.35. The molecule has 2 aromatic carbocycles. The van der Waals surface area contributed by atoms with Crippen LogP contribution in [0.1, 0.15) is 5.56 Å². The zero-order valence-electron chi connectivity index (χ0n) is 12.2. The summed E-state index contributed by atoms with van der Waals surface area (Å²) in [4.78, 5) is 15.1. The number of amides is 2. The fourth-order valence-corrected chi connectivity index (χ4v) is 2.12. The summed E-state index contributed by atoms with van der Waals surface area (Å²) in [6, 6.07) is 18.6. The molecule has 0 bridgehead atoms. The molecule has 0 fully saturated rings. The van der Waals surface area contributed by atoms with Crippen LogP contribution < -0.4 is 0 Å². The van der Waals surface area contributed by atoms with Gasteiger partial charge in [0.05, 0.1) is 0 Å². The minimum Gasteiger partial charge on any atom is -0.331 e. The Morgan fingerprint density at radius 2 is 1.40 bits per heavy atom. The van der Waals surface area contributed by atoms with E-state index in [1.54, 1.807) is 23.9 Å². The molecule has 0 saturated heterocycles. The molecule has 0 unspecified atom stereocenters. The van der Waals surface area contributed by atoms with Gasteiger partial charge >= 0.3 is 6.03 Å². The molecule has 3 heteroatoms. The minimum absolute atomic E-state index is 0.0112. The van der Waals surface area contributed by atoms with Crippen LogP contribution in [0.4, 0.5) is 4.79 Å². The van der Waals surface area contributed by atoms with Gasteiger partial charge in [0.1, 0.15) is 0 Å². The molecular weight excluding hydrogens is 248 g/mol. The van der Waals surface area contributed by atoms with Gasteiger partial charge in [0, 0.05) is 27.7 Å². The van der Waals surface area contributed by atoms with E-state index in [1.165, 1.54) is 11.1 Å². The third kappa shape index (κ3) is 3.38. The third-order valence-electron chi connectivity index (χ3n) is 3.19. The van der Waals surface area contributed by atoms with Crippen LogP contribution in [-0.4, -0.2) is 37.0 Å². The summed E-state index contributed by atoms with van der Waals surface area (Å²) in [6.07, 6.45) is 0. The summed E-state index contributed by atoms with van der Waals surface area (Å²) < 4.78 is 0. The first-order valence-electron chi connectivity index (χ1n) is 6.64. The molecule has 0 heterocycles. The van der Waals surface area contributed by atoms with Gasteiger partial charge in [-0.1, -0.05) is 54.6 Å². The van der Waals surface area contributed by atoms with Crippen molar-refractivity contribution in [1.29, 1.82) is 0 Å². The third-order valence-corrected chi connectivity index (χ3v) is 3.19. The molecule has 0 atom stereocenters. The predicted molar refractivity (Wildman–Crippen MR) is 82.4 cm³/mol. The Labute approximate surface area is 120 Å². The van der Waals surface area contributed by atoms with Gasteiger partial charge in [0.2, 0.25) is 0 Å². The number of rotatable bonds is 3. The Morgan fingerprint density at radius 3 is 1.95 bits per heavy atom. The van der Waals surface area contributed by atoms with Crippen molar-refractivity contribution in [2.75, 3.05) is 21.1 Å². The number of carbonyl (C=O) groups excluding carboxylic acids is 1. The average Bonchev–Trinajstić information content (AvgIpc) is 2.48. The number of hydrogen-bond acceptors (Lipinski definition) is 1. The number of benzene rings is 2. The molecule has 0 aliphatic carbocycles. The van der Waals surface area contributed by atoms with E-state index in [1.807, 2.05) is 25.2 Å². The maximum atomic E-state index is 11.8. The summed E-state index contributed by atoms with van der Waals surface area (Å²) in [5.41, 5.74) is 3.52. The van der Waals surface area contributed by atoms with Gasteiger partial charge in [0.25, 0.3) is 0 Å². The smallest absolute Gasteiger partial charge is 0.319 e. The van der Waals surface area contributed by atoms with Crippen molar-refractivity contribution >= 4 is 6.03 Å². The Kier molecular flexibility index (Phi) is 4.41. The Bertz CT molecular complexity index is 561. The molecule has 0 saturated carbocycles.